The van der Waals surface area contributed by atoms with Crippen LogP contribution < -0.4 is 10.6 Å². The fraction of sp³-hybridized carbons (Fsp3) is 0.438. The average Bonchev–Trinajstić information content (AvgIpc) is 3.02. The first-order chi connectivity index (χ1) is 11.5. The number of rotatable bonds is 5. The first kappa shape index (κ1) is 18.2. The number of nitrogens with one attached hydrogen (secondary N) is 2. The maximum absolute atomic E-state index is 13.6. The summed E-state index contributed by atoms with van der Waals surface area (Å²) in [5, 5.41) is 4.86. The van der Waals surface area contributed by atoms with E-state index in [1.54, 1.807) is 0 Å². The van der Waals surface area contributed by atoms with Gasteiger partial charge in [0.15, 0.2) is 6.61 Å². The molecular weight excluding hydrogens is 339 g/mol. The number of carbonyl (C=O) groups excluding carboxylic acids is 3. The molecule has 1 aliphatic rings. The predicted octanol–water partition coefficient (Wildman–Crippen LogP) is 2.33. The van der Waals surface area contributed by atoms with Crippen LogP contribution in [0.3, 0.4) is 0 Å². The zero-order valence-corrected chi connectivity index (χ0v) is 13.7. The van der Waals surface area contributed by atoms with Gasteiger partial charge in [0, 0.05) is 16.6 Å². The van der Waals surface area contributed by atoms with E-state index in [-0.39, 0.29) is 16.6 Å². The Balaban J connectivity index is 1.72. The summed E-state index contributed by atoms with van der Waals surface area (Å²) in [6, 6.07) is 3.51. The summed E-state index contributed by atoms with van der Waals surface area (Å²) in [5.41, 5.74) is 0.00329. The molecule has 0 unspecified atom stereocenters. The Labute approximate surface area is 143 Å². The van der Waals surface area contributed by atoms with Crippen LogP contribution in [0.15, 0.2) is 18.2 Å². The number of urea groups is 1. The zero-order valence-electron chi connectivity index (χ0n) is 12.9. The monoisotopic (exact) mass is 356 g/mol. The highest BCUT2D eigenvalue weighted by Gasteiger charge is 2.19. The van der Waals surface area contributed by atoms with Crippen LogP contribution in [0.4, 0.5) is 9.18 Å². The van der Waals surface area contributed by atoms with Gasteiger partial charge in [-0.05, 0) is 25.0 Å². The Bertz CT molecular complexity index is 612. The SMILES string of the molecule is O=C(COC(=O)Cc1c(F)cccc1Cl)NC(=O)NC1CCCC1. The molecule has 6 nitrogen and oxygen atoms in total. The second-order valence-corrected chi connectivity index (χ2v) is 5.95. The van der Waals surface area contributed by atoms with Crippen LogP contribution in [0.5, 0.6) is 0 Å². The molecular formula is C16H18ClFN2O4. The number of carbonyl (C=O) groups is 3. The third kappa shape index (κ3) is 5.49. The summed E-state index contributed by atoms with van der Waals surface area (Å²) < 4.78 is 18.3. The molecule has 0 aliphatic heterocycles. The standard InChI is InChI=1S/C16H18ClFN2O4/c17-12-6-3-7-13(18)11(12)8-15(22)24-9-14(21)20-16(23)19-10-4-1-2-5-10/h3,6-7,10H,1-2,4-5,8-9H2,(H2,19,20,21,23). The van der Waals surface area contributed by atoms with E-state index >= 15 is 0 Å². The van der Waals surface area contributed by atoms with Crippen LogP contribution in [0.2, 0.25) is 5.02 Å². The molecule has 0 bridgehead atoms. The van der Waals surface area contributed by atoms with Gasteiger partial charge in [0.25, 0.3) is 5.91 Å². The van der Waals surface area contributed by atoms with Crippen molar-refractivity contribution in [2.24, 2.45) is 0 Å². The Morgan fingerprint density at radius 1 is 1.25 bits per heavy atom. The van der Waals surface area contributed by atoms with E-state index < -0.39 is 36.8 Å². The molecule has 0 heterocycles. The highest BCUT2D eigenvalue weighted by molar-refractivity contribution is 6.31. The van der Waals surface area contributed by atoms with Crippen LogP contribution in [0.1, 0.15) is 31.2 Å². The largest absolute Gasteiger partial charge is 0.455 e. The molecule has 130 valence electrons. The average molecular weight is 357 g/mol. The van der Waals surface area contributed by atoms with E-state index in [4.69, 9.17) is 16.3 Å². The molecule has 24 heavy (non-hydrogen) atoms. The van der Waals surface area contributed by atoms with Crippen molar-refractivity contribution in [1.29, 1.82) is 0 Å². The molecule has 2 N–H and O–H groups in total. The van der Waals surface area contributed by atoms with Crippen LogP contribution >= 0.6 is 11.6 Å². The molecule has 0 radical (unpaired) electrons. The van der Waals surface area contributed by atoms with Gasteiger partial charge in [-0.2, -0.15) is 0 Å². The van der Waals surface area contributed by atoms with Gasteiger partial charge in [-0.25, -0.2) is 9.18 Å². The molecule has 0 atom stereocenters. The van der Waals surface area contributed by atoms with Crippen LogP contribution in [0.25, 0.3) is 0 Å². The fourth-order valence-corrected chi connectivity index (χ4v) is 2.73. The lowest BCUT2D eigenvalue weighted by Crippen LogP contribution is -2.45. The number of amides is 3. The first-order valence-corrected chi connectivity index (χ1v) is 8.02. The molecule has 1 fully saturated rings. The van der Waals surface area contributed by atoms with Gasteiger partial charge in [-0.1, -0.05) is 30.5 Å². The number of benzene rings is 1. The first-order valence-electron chi connectivity index (χ1n) is 7.64. The highest BCUT2D eigenvalue weighted by atomic mass is 35.5. The van der Waals surface area contributed by atoms with Crippen molar-refractivity contribution in [1.82, 2.24) is 10.6 Å². The number of esters is 1. The third-order valence-electron chi connectivity index (χ3n) is 3.69. The third-order valence-corrected chi connectivity index (χ3v) is 4.04. The molecule has 0 saturated heterocycles. The van der Waals surface area contributed by atoms with Crippen LogP contribution in [0, 0.1) is 5.82 Å². The predicted molar refractivity (Wildman–Crippen MR) is 85.0 cm³/mol. The van der Waals surface area contributed by atoms with Gasteiger partial charge in [-0.15, -0.1) is 0 Å². The summed E-state index contributed by atoms with van der Waals surface area (Å²) >= 11 is 5.81. The van der Waals surface area contributed by atoms with Crippen molar-refractivity contribution in [2.75, 3.05) is 6.61 Å². The fourth-order valence-electron chi connectivity index (χ4n) is 2.50. The molecule has 1 aromatic rings. The van der Waals surface area contributed by atoms with E-state index in [9.17, 15) is 18.8 Å². The number of hydrogen-bond acceptors (Lipinski definition) is 4. The number of halogens is 2. The summed E-state index contributed by atoms with van der Waals surface area (Å²) in [5.74, 6) is -2.19. The molecule has 1 saturated carbocycles. The van der Waals surface area contributed by atoms with Crippen molar-refractivity contribution in [3.05, 3.63) is 34.6 Å². The minimum atomic E-state index is -0.812. The van der Waals surface area contributed by atoms with Crippen molar-refractivity contribution >= 4 is 29.5 Å². The summed E-state index contributed by atoms with van der Waals surface area (Å²) in [4.78, 5) is 34.8. The van der Waals surface area contributed by atoms with Crippen LogP contribution in [-0.4, -0.2) is 30.6 Å². The van der Waals surface area contributed by atoms with E-state index in [0.717, 1.165) is 25.7 Å². The molecule has 0 spiro atoms. The van der Waals surface area contributed by atoms with Crippen LogP contribution in [-0.2, 0) is 20.7 Å². The van der Waals surface area contributed by atoms with Gasteiger partial charge in [-0.3, -0.25) is 14.9 Å². The smallest absolute Gasteiger partial charge is 0.321 e. The van der Waals surface area contributed by atoms with Gasteiger partial charge < -0.3 is 10.1 Å². The second kappa shape index (κ2) is 8.63. The van der Waals surface area contributed by atoms with Gasteiger partial charge in [0.1, 0.15) is 5.82 Å². The van der Waals surface area contributed by atoms with E-state index in [1.165, 1.54) is 18.2 Å². The van der Waals surface area contributed by atoms with Crippen molar-refractivity contribution in [3.63, 3.8) is 0 Å². The summed E-state index contributed by atoms with van der Waals surface area (Å²) in [6.07, 6.45) is 3.48. The topological polar surface area (TPSA) is 84.5 Å². The lowest BCUT2D eigenvalue weighted by molar-refractivity contribution is -0.147. The van der Waals surface area contributed by atoms with Crippen molar-refractivity contribution in [2.45, 2.75) is 38.1 Å². The van der Waals surface area contributed by atoms with Gasteiger partial charge in [0.05, 0.1) is 6.42 Å². The molecule has 2 rings (SSSR count). The van der Waals surface area contributed by atoms with Crippen molar-refractivity contribution in [3.8, 4) is 0 Å². The molecule has 1 aromatic carbocycles. The number of ether oxygens (including phenoxy) is 1. The minimum absolute atomic E-state index is 0.00329. The zero-order chi connectivity index (χ0) is 17.5. The van der Waals surface area contributed by atoms with Gasteiger partial charge in [0.2, 0.25) is 0 Å². The quantitative estimate of drug-likeness (QED) is 0.793. The lowest BCUT2D eigenvalue weighted by Gasteiger charge is -2.12. The second-order valence-electron chi connectivity index (χ2n) is 5.54. The van der Waals surface area contributed by atoms with Crippen molar-refractivity contribution < 1.29 is 23.5 Å². The maximum Gasteiger partial charge on any atom is 0.321 e. The number of hydrogen-bond donors (Lipinski definition) is 2. The molecule has 8 heteroatoms. The summed E-state index contributed by atoms with van der Waals surface area (Å²) in [7, 11) is 0. The Kier molecular flexibility index (Phi) is 6.54. The Morgan fingerprint density at radius 2 is 1.96 bits per heavy atom. The lowest BCUT2D eigenvalue weighted by atomic mass is 10.1. The maximum atomic E-state index is 13.6. The summed E-state index contributed by atoms with van der Waals surface area (Å²) in [6.45, 7) is -0.622. The molecule has 0 aromatic heterocycles. The van der Waals surface area contributed by atoms with E-state index in [0.29, 0.717) is 0 Å². The van der Waals surface area contributed by atoms with E-state index in [1.807, 2.05) is 0 Å². The van der Waals surface area contributed by atoms with Gasteiger partial charge >= 0.3 is 12.0 Å². The molecule has 3 amide bonds. The Morgan fingerprint density at radius 3 is 2.62 bits per heavy atom. The highest BCUT2D eigenvalue weighted by Crippen LogP contribution is 2.19. The Hall–Kier alpha value is -2.15. The number of imide groups is 1. The minimum Gasteiger partial charge on any atom is -0.455 e. The normalized spacial score (nSPS) is 14.2. The van der Waals surface area contributed by atoms with E-state index in [2.05, 4.69) is 10.6 Å². The molecule has 1 aliphatic carbocycles.